The van der Waals surface area contributed by atoms with Gasteiger partial charge in [-0.15, -0.1) is 11.3 Å². The molecule has 1 unspecified atom stereocenters. The normalized spacial score (nSPS) is 19.7. The zero-order chi connectivity index (χ0) is 12.4. The second kappa shape index (κ2) is 5.34. The zero-order valence-corrected chi connectivity index (χ0v) is 10.9. The van der Waals surface area contributed by atoms with Gasteiger partial charge in [0.15, 0.2) is 0 Å². The first-order valence-corrected chi connectivity index (χ1v) is 7.13. The minimum atomic E-state index is -0.164. The van der Waals surface area contributed by atoms with Crippen LogP contribution in [0.4, 0.5) is 4.39 Å². The molecule has 0 aliphatic carbocycles. The van der Waals surface area contributed by atoms with E-state index >= 15 is 0 Å². The molecular formula is C14H16FNOS. The van der Waals surface area contributed by atoms with Crippen LogP contribution in [0.1, 0.15) is 17.7 Å². The van der Waals surface area contributed by atoms with Gasteiger partial charge >= 0.3 is 0 Å². The lowest BCUT2D eigenvalue weighted by molar-refractivity contribution is 0.110. The third kappa shape index (κ3) is 2.71. The lowest BCUT2D eigenvalue weighted by atomic mass is 10.2. The van der Waals surface area contributed by atoms with Gasteiger partial charge in [0.2, 0.25) is 0 Å². The maximum Gasteiger partial charge on any atom is 0.124 e. The Balaban J connectivity index is 1.60. The van der Waals surface area contributed by atoms with E-state index < -0.39 is 0 Å². The van der Waals surface area contributed by atoms with Crippen molar-refractivity contribution in [3.05, 3.63) is 35.0 Å². The smallest absolute Gasteiger partial charge is 0.124 e. The van der Waals surface area contributed by atoms with Crippen molar-refractivity contribution >= 4 is 21.4 Å². The second-order valence-corrected chi connectivity index (χ2v) is 5.83. The summed E-state index contributed by atoms with van der Waals surface area (Å²) in [6, 6.07) is 7.08. The number of thiophene rings is 1. The second-order valence-electron chi connectivity index (χ2n) is 4.66. The Morgan fingerprint density at radius 1 is 1.39 bits per heavy atom. The van der Waals surface area contributed by atoms with Crippen LogP contribution >= 0.6 is 11.3 Å². The number of fused-ring (bicyclic) bond motifs is 1. The van der Waals surface area contributed by atoms with Crippen molar-refractivity contribution < 1.29 is 9.13 Å². The predicted octanol–water partition coefficient (Wildman–Crippen LogP) is 3.31. The van der Waals surface area contributed by atoms with Gasteiger partial charge in [-0.25, -0.2) is 4.39 Å². The molecule has 1 N–H and O–H groups in total. The van der Waals surface area contributed by atoms with E-state index in [1.54, 1.807) is 17.4 Å². The Labute approximate surface area is 110 Å². The average Bonchev–Trinajstić information content (AvgIpc) is 2.97. The van der Waals surface area contributed by atoms with Gasteiger partial charge in [-0.2, -0.15) is 0 Å². The number of halogens is 1. The fourth-order valence-electron chi connectivity index (χ4n) is 2.31. The van der Waals surface area contributed by atoms with Gasteiger partial charge in [-0.05, 0) is 36.4 Å². The molecule has 2 heterocycles. The summed E-state index contributed by atoms with van der Waals surface area (Å²) in [7, 11) is 0. The van der Waals surface area contributed by atoms with Gasteiger partial charge < -0.3 is 10.1 Å². The molecule has 3 rings (SSSR count). The Hall–Kier alpha value is -0.970. The monoisotopic (exact) mass is 265 g/mol. The van der Waals surface area contributed by atoms with E-state index in [1.165, 1.54) is 17.4 Å². The van der Waals surface area contributed by atoms with Crippen molar-refractivity contribution in [3.8, 4) is 0 Å². The summed E-state index contributed by atoms with van der Waals surface area (Å²) in [5.41, 5.74) is 0. The first kappa shape index (κ1) is 12.1. The Morgan fingerprint density at radius 2 is 2.33 bits per heavy atom. The van der Waals surface area contributed by atoms with E-state index in [4.69, 9.17) is 4.74 Å². The number of rotatable bonds is 4. The summed E-state index contributed by atoms with van der Waals surface area (Å²) in [5.74, 6) is -0.164. The fraction of sp³-hybridized carbons (Fsp3) is 0.429. The van der Waals surface area contributed by atoms with Crippen molar-refractivity contribution in [1.29, 1.82) is 0 Å². The van der Waals surface area contributed by atoms with Crippen molar-refractivity contribution in [3.63, 3.8) is 0 Å². The molecule has 1 aliphatic rings. The van der Waals surface area contributed by atoms with Crippen LogP contribution in [-0.2, 0) is 11.3 Å². The molecule has 0 radical (unpaired) electrons. The summed E-state index contributed by atoms with van der Waals surface area (Å²) in [6.45, 7) is 2.64. The van der Waals surface area contributed by atoms with Crippen molar-refractivity contribution in [1.82, 2.24) is 5.32 Å². The van der Waals surface area contributed by atoms with Gasteiger partial charge in [-0.3, -0.25) is 0 Å². The van der Waals surface area contributed by atoms with E-state index in [2.05, 4.69) is 11.4 Å². The molecule has 4 heteroatoms. The first-order chi connectivity index (χ1) is 8.81. The molecule has 2 nitrogen and oxygen atoms in total. The van der Waals surface area contributed by atoms with Crippen LogP contribution in [-0.4, -0.2) is 19.3 Å². The predicted molar refractivity (Wildman–Crippen MR) is 72.5 cm³/mol. The molecule has 1 aromatic heterocycles. The summed E-state index contributed by atoms with van der Waals surface area (Å²) in [5, 5.41) is 4.53. The quantitative estimate of drug-likeness (QED) is 0.915. The van der Waals surface area contributed by atoms with Crippen LogP contribution < -0.4 is 5.32 Å². The third-order valence-corrected chi connectivity index (χ3v) is 4.33. The van der Waals surface area contributed by atoms with Crippen LogP contribution in [0.5, 0.6) is 0 Å². The van der Waals surface area contributed by atoms with Crippen molar-refractivity contribution in [2.45, 2.75) is 25.5 Å². The van der Waals surface area contributed by atoms with Gasteiger partial charge in [0.05, 0.1) is 6.10 Å². The zero-order valence-electron chi connectivity index (χ0n) is 10.1. The minimum Gasteiger partial charge on any atom is -0.377 e. The van der Waals surface area contributed by atoms with Crippen LogP contribution in [0, 0.1) is 5.82 Å². The maximum atomic E-state index is 13.1. The number of benzene rings is 1. The van der Waals surface area contributed by atoms with E-state index in [-0.39, 0.29) is 5.82 Å². The molecule has 1 aromatic carbocycles. The molecule has 18 heavy (non-hydrogen) atoms. The van der Waals surface area contributed by atoms with E-state index in [1.807, 2.05) is 6.07 Å². The lowest BCUT2D eigenvalue weighted by Crippen LogP contribution is -2.25. The van der Waals surface area contributed by atoms with Gasteiger partial charge in [-0.1, -0.05) is 6.07 Å². The summed E-state index contributed by atoms with van der Waals surface area (Å²) >= 11 is 1.65. The van der Waals surface area contributed by atoms with Gasteiger partial charge in [0.1, 0.15) is 5.82 Å². The highest BCUT2D eigenvalue weighted by molar-refractivity contribution is 7.19. The molecule has 1 atom stereocenters. The van der Waals surface area contributed by atoms with Gasteiger partial charge in [0.25, 0.3) is 0 Å². The highest BCUT2D eigenvalue weighted by Gasteiger charge is 2.14. The third-order valence-electron chi connectivity index (χ3n) is 3.23. The highest BCUT2D eigenvalue weighted by atomic mass is 32.1. The topological polar surface area (TPSA) is 21.3 Å². The molecule has 0 saturated carbocycles. The molecule has 1 fully saturated rings. The molecule has 2 aromatic rings. The Morgan fingerprint density at radius 3 is 3.17 bits per heavy atom. The highest BCUT2D eigenvalue weighted by Crippen LogP contribution is 2.26. The molecular weight excluding hydrogens is 249 g/mol. The molecule has 96 valence electrons. The van der Waals surface area contributed by atoms with Crippen LogP contribution in [0.15, 0.2) is 24.3 Å². The minimum absolute atomic E-state index is 0.164. The van der Waals surface area contributed by atoms with Gasteiger partial charge in [0, 0.05) is 29.3 Å². The van der Waals surface area contributed by atoms with E-state index in [0.717, 1.165) is 36.2 Å². The van der Waals surface area contributed by atoms with E-state index in [0.29, 0.717) is 6.10 Å². The Bertz CT molecular complexity index is 534. The van der Waals surface area contributed by atoms with Crippen LogP contribution in [0.25, 0.3) is 10.1 Å². The molecule has 1 saturated heterocycles. The van der Waals surface area contributed by atoms with Crippen molar-refractivity contribution in [2.75, 3.05) is 13.2 Å². The number of hydrogen-bond donors (Lipinski definition) is 1. The first-order valence-electron chi connectivity index (χ1n) is 6.31. The Kier molecular flexibility index (Phi) is 3.59. The van der Waals surface area contributed by atoms with Crippen molar-refractivity contribution in [2.24, 2.45) is 0 Å². The maximum absolute atomic E-state index is 13.1. The van der Waals surface area contributed by atoms with Crippen LogP contribution in [0.2, 0.25) is 0 Å². The average molecular weight is 265 g/mol. The van der Waals surface area contributed by atoms with E-state index in [9.17, 15) is 4.39 Å². The molecule has 0 spiro atoms. The largest absolute Gasteiger partial charge is 0.377 e. The molecule has 0 amide bonds. The number of nitrogens with one attached hydrogen (secondary N) is 1. The number of hydrogen-bond acceptors (Lipinski definition) is 3. The lowest BCUT2D eigenvalue weighted by Gasteiger charge is -2.09. The molecule has 1 aliphatic heterocycles. The summed E-state index contributed by atoms with van der Waals surface area (Å²) < 4.78 is 19.7. The summed E-state index contributed by atoms with van der Waals surface area (Å²) in [6.07, 6.45) is 2.70. The number of ether oxygens (including phenoxy) is 1. The standard InChI is InChI=1S/C14H16FNOS/c15-11-4-3-10-6-13(18-14(10)7-11)9-16-8-12-2-1-5-17-12/h3-4,6-7,12,16H,1-2,5,8-9H2. The van der Waals surface area contributed by atoms with Crippen LogP contribution in [0.3, 0.4) is 0 Å². The fourth-order valence-corrected chi connectivity index (χ4v) is 3.37. The SMILES string of the molecule is Fc1ccc2cc(CNCC3CCCO3)sc2c1. The summed E-state index contributed by atoms with van der Waals surface area (Å²) in [4.78, 5) is 1.24. The molecule has 0 bridgehead atoms.